The predicted molar refractivity (Wildman–Crippen MR) is 101 cm³/mol. The van der Waals surface area contributed by atoms with Crippen LogP contribution in [0.15, 0.2) is 41.5 Å². The number of aryl methyl sites for hydroxylation is 2. The van der Waals surface area contributed by atoms with Gasteiger partial charge in [0.05, 0.1) is 12.6 Å². The standard InChI is InChI=1S/C20H19ClN2O2/c1-4-9-25-19-8-7-18(21)11-17(19)13-22-23-20(24)12-16-6-5-14(2)10-15(16)3/h1,5-8,10-11,13H,9,12H2,2-3H3,(H,23,24)/b22-13-. The van der Waals surface area contributed by atoms with E-state index >= 15 is 0 Å². The van der Waals surface area contributed by atoms with E-state index in [4.69, 9.17) is 22.8 Å². The molecule has 0 bridgehead atoms. The van der Waals surface area contributed by atoms with Gasteiger partial charge < -0.3 is 4.74 Å². The summed E-state index contributed by atoms with van der Waals surface area (Å²) in [5, 5.41) is 4.52. The highest BCUT2D eigenvalue weighted by Gasteiger charge is 2.06. The van der Waals surface area contributed by atoms with E-state index in [2.05, 4.69) is 16.4 Å². The maximum atomic E-state index is 12.1. The number of hydrazone groups is 1. The van der Waals surface area contributed by atoms with Crippen molar-refractivity contribution >= 4 is 23.7 Å². The Balaban J connectivity index is 2.01. The summed E-state index contributed by atoms with van der Waals surface area (Å²) in [6, 6.07) is 11.1. The Morgan fingerprint density at radius 1 is 1.32 bits per heavy atom. The van der Waals surface area contributed by atoms with Gasteiger partial charge in [-0.25, -0.2) is 5.43 Å². The SMILES string of the molecule is C#CCOc1ccc(Cl)cc1/C=N\NC(=O)Cc1ccc(C)cc1C. The molecule has 0 aromatic heterocycles. The lowest BCUT2D eigenvalue weighted by molar-refractivity contribution is -0.120. The number of benzene rings is 2. The molecule has 0 saturated carbocycles. The summed E-state index contributed by atoms with van der Waals surface area (Å²) in [5.74, 6) is 2.75. The highest BCUT2D eigenvalue weighted by molar-refractivity contribution is 6.30. The minimum atomic E-state index is -0.198. The predicted octanol–water partition coefficient (Wildman–Crippen LogP) is 3.66. The molecule has 2 aromatic carbocycles. The zero-order chi connectivity index (χ0) is 18.2. The van der Waals surface area contributed by atoms with E-state index in [0.29, 0.717) is 16.3 Å². The van der Waals surface area contributed by atoms with Crippen LogP contribution in [-0.4, -0.2) is 18.7 Å². The number of terminal acetylenes is 1. The maximum Gasteiger partial charge on any atom is 0.244 e. The third-order valence-electron chi connectivity index (χ3n) is 3.52. The van der Waals surface area contributed by atoms with Gasteiger partial charge in [-0.15, -0.1) is 6.42 Å². The smallest absolute Gasteiger partial charge is 0.244 e. The van der Waals surface area contributed by atoms with Gasteiger partial charge in [-0.2, -0.15) is 5.10 Å². The summed E-state index contributed by atoms with van der Waals surface area (Å²) in [6.07, 6.45) is 6.95. The zero-order valence-corrected chi connectivity index (χ0v) is 14.9. The van der Waals surface area contributed by atoms with Gasteiger partial charge in [-0.1, -0.05) is 41.3 Å². The van der Waals surface area contributed by atoms with Crippen LogP contribution in [0, 0.1) is 26.2 Å². The fourth-order valence-electron chi connectivity index (χ4n) is 2.30. The van der Waals surface area contributed by atoms with E-state index in [1.165, 1.54) is 11.8 Å². The molecule has 25 heavy (non-hydrogen) atoms. The second kappa shape index (κ2) is 8.91. The van der Waals surface area contributed by atoms with Crippen molar-refractivity contribution in [2.45, 2.75) is 20.3 Å². The molecule has 1 amide bonds. The first-order valence-electron chi connectivity index (χ1n) is 7.73. The van der Waals surface area contributed by atoms with Crippen molar-refractivity contribution in [3.05, 3.63) is 63.7 Å². The largest absolute Gasteiger partial charge is 0.480 e. The molecule has 4 nitrogen and oxygen atoms in total. The number of hydrogen-bond acceptors (Lipinski definition) is 3. The number of rotatable bonds is 6. The summed E-state index contributed by atoms with van der Waals surface area (Å²) >= 11 is 5.98. The van der Waals surface area contributed by atoms with Crippen molar-refractivity contribution in [1.29, 1.82) is 0 Å². The lowest BCUT2D eigenvalue weighted by Crippen LogP contribution is -2.20. The van der Waals surface area contributed by atoms with Gasteiger partial charge in [-0.05, 0) is 43.2 Å². The number of ether oxygens (including phenoxy) is 1. The van der Waals surface area contributed by atoms with E-state index in [0.717, 1.165) is 11.1 Å². The number of carbonyl (C=O) groups excluding carboxylic acids is 1. The van der Waals surface area contributed by atoms with Crippen molar-refractivity contribution in [3.8, 4) is 18.1 Å². The molecule has 0 heterocycles. The normalized spacial score (nSPS) is 10.5. The van der Waals surface area contributed by atoms with Crippen LogP contribution < -0.4 is 10.2 Å². The molecule has 0 saturated heterocycles. The maximum absolute atomic E-state index is 12.1. The molecule has 0 aliphatic heterocycles. The summed E-state index contributed by atoms with van der Waals surface area (Å²) in [4.78, 5) is 12.1. The highest BCUT2D eigenvalue weighted by Crippen LogP contribution is 2.21. The first-order chi connectivity index (χ1) is 12.0. The number of carbonyl (C=O) groups is 1. The van der Waals surface area contributed by atoms with Crippen molar-refractivity contribution in [3.63, 3.8) is 0 Å². The fraction of sp³-hybridized carbons (Fsp3) is 0.200. The highest BCUT2D eigenvalue weighted by atomic mass is 35.5. The number of hydrogen-bond donors (Lipinski definition) is 1. The van der Waals surface area contributed by atoms with E-state index in [1.807, 2.05) is 32.0 Å². The zero-order valence-electron chi connectivity index (χ0n) is 14.2. The van der Waals surface area contributed by atoms with Crippen LogP contribution in [0.4, 0.5) is 0 Å². The molecule has 0 fully saturated rings. The molecule has 1 N–H and O–H groups in total. The van der Waals surface area contributed by atoms with E-state index in [9.17, 15) is 4.79 Å². The van der Waals surface area contributed by atoms with Crippen LogP contribution in [-0.2, 0) is 11.2 Å². The molecule has 5 heteroatoms. The van der Waals surface area contributed by atoms with E-state index in [1.54, 1.807) is 18.2 Å². The fourth-order valence-corrected chi connectivity index (χ4v) is 2.48. The van der Waals surface area contributed by atoms with Gasteiger partial charge in [0.15, 0.2) is 0 Å². The average Bonchev–Trinajstić information content (AvgIpc) is 2.57. The third kappa shape index (κ3) is 5.66. The first kappa shape index (κ1) is 18.6. The second-order valence-corrected chi connectivity index (χ2v) is 6.01. The van der Waals surface area contributed by atoms with Crippen LogP contribution >= 0.6 is 11.6 Å². The van der Waals surface area contributed by atoms with Crippen LogP contribution in [0.25, 0.3) is 0 Å². The molecule has 2 rings (SSSR count). The molecule has 0 radical (unpaired) electrons. The molecular weight excluding hydrogens is 336 g/mol. The molecule has 0 atom stereocenters. The summed E-state index contributed by atoms with van der Waals surface area (Å²) in [5.41, 5.74) is 6.37. The van der Waals surface area contributed by atoms with Crippen LogP contribution in [0.1, 0.15) is 22.3 Å². The van der Waals surface area contributed by atoms with Gasteiger partial charge in [0.1, 0.15) is 12.4 Å². The lowest BCUT2D eigenvalue weighted by Gasteiger charge is -2.07. The summed E-state index contributed by atoms with van der Waals surface area (Å²) in [7, 11) is 0. The molecule has 0 aliphatic rings. The van der Waals surface area contributed by atoms with Crippen molar-refractivity contribution in [1.82, 2.24) is 5.43 Å². The molecular formula is C20H19ClN2O2. The Morgan fingerprint density at radius 3 is 2.84 bits per heavy atom. The molecule has 2 aromatic rings. The van der Waals surface area contributed by atoms with E-state index < -0.39 is 0 Å². The quantitative estimate of drug-likeness (QED) is 0.489. The monoisotopic (exact) mass is 354 g/mol. The summed E-state index contributed by atoms with van der Waals surface area (Å²) < 4.78 is 5.42. The molecule has 0 aliphatic carbocycles. The van der Waals surface area contributed by atoms with Crippen LogP contribution in [0.2, 0.25) is 5.02 Å². The molecule has 128 valence electrons. The molecule has 0 spiro atoms. The van der Waals surface area contributed by atoms with Gasteiger partial charge in [0, 0.05) is 10.6 Å². The van der Waals surface area contributed by atoms with Crippen molar-refractivity contribution < 1.29 is 9.53 Å². The minimum Gasteiger partial charge on any atom is -0.480 e. The Kier molecular flexibility index (Phi) is 6.62. The third-order valence-corrected chi connectivity index (χ3v) is 3.76. The van der Waals surface area contributed by atoms with Crippen LogP contribution in [0.3, 0.4) is 0 Å². The van der Waals surface area contributed by atoms with E-state index in [-0.39, 0.29) is 18.9 Å². The van der Waals surface area contributed by atoms with Crippen molar-refractivity contribution in [2.75, 3.05) is 6.61 Å². The van der Waals surface area contributed by atoms with Gasteiger partial charge in [-0.3, -0.25) is 4.79 Å². The number of nitrogens with one attached hydrogen (secondary N) is 1. The Hall–Kier alpha value is -2.77. The topological polar surface area (TPSA) is 50.7 Å². The minimum absolute atomic E-state index is 0.140. The van der Waals surface area contributed by atoms with Gasteiger partial charge >= 0.3 is 0 Å². The Bertz CT molecular complexity index is 838. The Morgan fingerprint density at radius 2 is 2.12 bits per heavy atom. The van der Waals surface area contributed by atoms with Crippen molar-refractivity contribution in [2.24, 2.45) is 5.10 Å². The number of halogens is 1. The van der Waals surface area contributed by atoms with Crippen LogP contribution in [0.5, 0.6) is 5.75 Å². The lowest BCUT2D eigenvalue weighted by atomic mass is 10.0. The second-order valence-electron chi connectivity index (χ2n) is 5.57. The first-order valence-corrected chi connectivity index (χ1v) is 8.11. The van der Waals surface area contributed by atoms with Gasteiger partial charge in [0.25, 0.3) is 0 Å². The summed E-state index contributed by atoms with van der Waals surface area (Å²) in [6.45, 7) is 4.15. The molecule has 0 unspecified atom stereocenters. The van der Waals surface area contributed by atoms with Gasteiger partial charge in [0.2, 0.25) is 5.91 Å². The number of amides is 1. The Labute approximate surface area is 152 Å². The average molecular weight is 355 g/mol. The number of nitrogens with zero attached hydrogens (tertiary/aromatic N) is 1.